The van der Waals surface area contributed by atoms with E-state index in [1.54, 1.807) is 7.11 Å². The number of hydrogen-bond donors (Lipinski definition) is 1. The molecule has 0 spiro atoms. The Morgan fingerprint density at radius 1 is 1.37 bits per heavy atom. The summed E-state index contributed by atoms with van der Waals surface area (Å²) in [5.74, 6) is 0.746. The molecule has 1 unspecified atom stereocenters. The quantitative estimate of drug-likeness (QED) is 0.815. The highest BCUT2D eigenvalue weighted by Crippen LogP contribution is 2.12. The third kappa shape index (κ3) is 4.76. The third-order valence-electron chi connectivity index (χ3n) is 3.15. The van der Waals surface area contributed by atoms with Crippen molar-refractivity contribution in [3.8, 4) is 0 Å². The van der Waals surface area contributed by atoms with Gasteiger partial charge in [-0.1, -0.05) is 13.8 Å². The molecule has 108 valence electrons. The number of aromatic nitrogens is 2. The second-order valence-corrected chi connectivity index (χ2v) is 5.23. The van der Waals surface area contributed by atoms with Gasteiger partial charge in [-0.05, 0) is 13.8 Å². The Kier molecular flexibility index (Phi) is 6.18. The van der Waals surface area contributed by atoms with E-state index >= 15 is 0 Å². The Bertz CT molecular complexity index is 395. The predicted octanol–water partition coefficient (Wildman–Crippen LogP) is 1.75. The van der Waals surface area contributed by atoms with Crippen molar-refractivity contribution in [2.24, 2.45) is 0 Å². The molecule has 1 aromatic heterocycles. The molecular formula is C14H26N4O. The Morgan fingerprint density at radius 2 is 2.05 bits per heavy atom. The van der Waals surface area contributed by atoms with Crippen LogP contribution in [0, 0.1) is 6.92 Å². The van der Waals surface area contributed by atoms with Crippen molar-refractivity contribution in [2.75, 3.05) is 25.7 Å². The summed E-state index contributed by atoms with van der Waals surface area (Å²) in [7, 11) is 3.70. The Morgan fingerprint density at radius 3 is 2.58 bits per heavy atom. The smallest absolute Gasteiger partial charge is 0.225 e. The fourth-order valence-electron chi connectivity index (χ4n) is 1.69. The van der Waals surface area contributed by atoms with Gasteiger partial charge in [0.15, 0.2) is 0 Å². The van der Waals surface area contributed by atoms with Crippen LogP contribution in [0.2, 0.25) is 0 Å². The van der Waals surface area contributed by atoms with Crippen LogP contribution >= 0.6 is 0 Å². The van der Waals surface area contributed by atoms with Gasteiger partial charge < -0.3 is 15.0 Å². The Labute approximate surface area is 116 Å². The summed E-state index contributed by atoms with van der Waals surface area (Å²) in [5.41, 5.74) is 2.17. The maximum Gasteiger partial charge on any atom is 0.225 e. The molecule has 0 aliphatic rings. The molecule has 0 saturated heterocycles. The summed E-state index contributed by atoms with van der Waals surface area (Å²) in [5, 5.41) is 3.38. The van der Waals surface area contributed by atoms with Gasteiger partial charge in [0, 0.05) is 44.2 Å². The molecule has 0 bridgehead atoms. The second-order valence-electron chi connectivity index (χ2n) is 5.23. The number of nitrogens with zero attached hydrogens (tertiary/aromatic N) is 3. The lowest BCUT2D eigenvalue weighted by molar-refractivity contribution is 0.183. The van der Waals surface area contributed by atoms with Gasteiger partial charge in [0.05, 0.1) is 12.6 Å². The summed E-state index contributed by atoms with van der Waals surface area (Å²) < 4.78 is 5.16. The average molecular weight is 266 g/mol. The van der Waals surface area contributed by atoms with Crippen LogP contribution < -0.4 is 10.2 Å². The van der Waals surface area contributed by atoms with Crippen molar-refractivity contribution in [1.29, 1.82) is 0 Å². The van der Waals surface area contributed by atoms with E-state index in [0.29, 0.717) is 12.6 Å². The molecule has 19 heavy (non-hydrogen) atoms. The normalized spacial score (nSPS) is 12.8. The number of nitrogens with one attached hydrogen (secondary N) is 1. The lowest BCUT2D eigenvalue weighted by atomic mass is 10.2. The standard InChI is InChI=1S/C14H26N4O/c1-10(2)15-7-13-8-16-14(17-12(13)4)18(5)11(3)9-19-6/h8,10-11,15H,7,9H2,1-6H3. The van der Waals surface area contributed by atoms with Crippen molar-refractivity contribution in [3.05, 3.63) is 17.5 Å². The van der Waals surface area contributed by atoms with Crippen LogP contribution in [-0.4, -0.2) is 42.8 Å². The monoisotopic (exact) mass is 266 g/mol. The summed E-state index contributed by atoms with van der Waals surface area (Å²) in [4.78, 5) is 11.1. The molecule has 1 rings (SSSR count). The Balaban J connectivity index is 2.75. The summed E-state index contributed by atoms with van der Waals surface area (Å²) in [6, 6.07) is 0.715. The number of ether oxygens (including phenoxy) is 1. The van der Waals surface area contributed by atoms with E-state index in [1.165, 1.54) is 0 Å². The van der Waals surface area contributed by atoms with E-state index in [4.69, 9.17) is 4.74 Å². The first-order chi connectivity index (χ1) is 8.95. The molecule has 0 saturated carbocycles. The highest BCUT2D eigenvalue weighted by Gasteiger charge is 2.13. The summed E-state index contributed by atoms with van der Waals surface area (Å²) in [6.07, 6.45) is 1.91. The zero-order chi connectivity index (χ0) is 14.4. The van der Waals surface area contributed by atoms with E-state index in [-0.39, 0.29) is 6.04 Å². The van der Waals surface area contributed by atoms with E-state index < -0.39 is 0 Å². The van der Waals surface area contributed by atoms with Crippen molar-refractivity contribution in [3.63, 3.8) is 0 Å². The molecule has 1 aromatic rings. The Hall–Kier alpha value is -1.20. The molecule has 0 amide bonds. The zero-order valence-corrected chi connectivity index (χ0v) is 12.9. The van der Waals surface area contributed by atoms with Gasteiger partial charge >= 0.3 is 0 Å². The topological polar surface area (TPSA) is 50.3 Å². The number of likely N-dealkylation sites (N-methyl/N-ethyl adjacent to an activating group) is 1. The van der Waals surface area contributed by atoms with Crippen molar-refractivity contribution >= 4 is 5.95 Å². The number of rotatable bonds is 7. The van der Waals surface area contributed by atoms with E-state index in [9.17, 15) is 0 Å². The van der Waals surface area contributed by atoms with Gasteiger partial charge in [-0.15, -0.1) is 0 Å². The molecule has 0 aliphatic heterocycles. The molecule has 0 fully saturated rings. The fraction of sp³-hybridized carbons (Fsp3) is 0.714. The predicted molar refractivity (Wildman–Crippen MR) is 78.5 cm³/mol. The molecular weight excluding hydrogens is 240 g/mol. The SMILES string of the molecule is COCC(C)N(C)c1ncc(CNC(C)C)c(C)n1. The van der Waals surface area contributed by atoms with Gasteiger partial charge in [-0.3, -0.25) is 0 Å². The molecule has 5 nitrogen and oxygen atoms in total. The number of aryl methyl sites for hydroxylation is 1. The van der Waals surface area contributed by atoms with Crippen molar-refractivity contribution in [2.45, 2.75) is 46.3 Å². The fourth-order valence-corrected chi connectivity index (χ4v) is 1.69. The van der Waals surface area contributed by atoms with Crippen LogP contribution in [0.25, 0.3) is 0 Å². The second kappa shape index (κ2) is 7.40. The summed E-state index contributed by atoms with van der Waals surface area (Å²) >= 11 is 0. The number of methoxy groups -OCH3 is 1. The average Bonchev–Trinajstić information content (AvgIpc) is 2.36. The van der Waals surface area contributed by atoms with E-state index in [1.807, 2.05) is 25.1 Å². The third-order valence-corrected chi connectivity index (χ3v) is 3.15. The zero-order valence-electron chi connectivity index (χ0n) is 12.9. The molecule has 1 atom stereocenters. The first-order valence-corrected chi connectivity index (χ1v) is 6.73. The lowest BCUT2D eigenvalue weighted by Crippen LogP contribution is -2.34. The van der Waals surface area contributed by atoms with E-state index in [2.05, 4.69) is 36.1 Å². The molecule has 1 heterocycles. The molecule has 1 N–H and O–H groups in total. The van der Waals surface area contributed by atoms with Crippen LogP contribution in [0.1, 0.15) is 32.0 Å². The van der Waals surface area contributed by atoms with Gasteiger partial charge in [0.25, 0.3) is 0 Å². The highest BCUT2D eigenvalue weighted by molar-refractivity contribution is 5.33. The highest BCUT2D eigenvalue weighted by atomic mass is 16.5. The molecule has 0 aliphatic carbocycles. The molecule has 0 aromatic carbocycles. The molecule has 5 heteroatoms. The van der Waals surface area contributed by atoms with Crippen LogP contribution in [0.3, 0.4) is 0 Å². The van der Waals surface area contributed by atoms with E-state index in [0.717, 1.165) is 23.8 Å². The van der Waals surface area contributed by atoms with Crippen LogP contribution in [-0.2, 0) is 11.3 Å². The lowest BCUT2D eigenvalue weighted by Gasteiger charge is -2.24. The largest absolute Gasteiger partial charge is 0.383 e. The number of anilines is 1. The van der Waals surface area contributed by atoms with Gasteiger partial charge in [-0.25, -0.2) is 9.97 Å². The van der Waals surface area contributed by atoms with Gasteiger partial charge in [0.1, 0.15) is 0 Å². The number of hydrogen-bond acceptors (Lipinski definition) is 5. The molecule has 0 radical (unpaired) electrons. The van der Waals surface area contributed by atoms with Gasteiger partial charge in [0.2, 0.25) is 5.95 Å². The van der Waals surface area contributed by atoms with Crippen LogP contribution in [0.5, 0.6) is 0 Å². The van der Waals surface area contributed by atoms with Gasteiger partial charge in [-0.2, -0.15) is 0 Å². The maximum absolute atomic E-state index is 5.16. The van der Waals surface area contributed by atoms with Crippen molar-refractivity contribution < 1.29 is 4.74 Å². The summed E-state index contributed by atoms with van der Waals surface area (Å²) in [6.45, 7) is 9.85. The first kappa shape index (κ1) is 15.9. The minimum Gasteiger partial charge on any atom is -0.383 e. The minimum absolute atomic E-state index is 0.254. The van der Waals surface area contributed by atoms with Crippen molar-refractivity contribution in [1.82, 2.24) is 15.3 Å². The first-order valence-electron chi connectivity index (χ1n) is 6.73. The van der Waals surface area contributed by atoms with Crippen LogP contribution in [0.4, 0.5) is 5.95 Å². The maximum atomic E-state index is 5.16. The van der Waals surface area contributed by atoms with Crippen LogP contribution in [0.15, 0.2) is 6.20 Å². The minimum atomic E-state index is 0.254.